The standard InChI is InChI=1S/C16H17N3O2/c1-18(14-5-3-2-4-6-14)15-8-7-12(9-17-15)13-10-19(11-13)16(20)21/h2-9,13H,10-11H2,1H3,(H,20,21). The highest BCUT2D eigenvalue weighted by Gasteiger charge is 2.31. The number of benzene rings is 1. The van der Waals surface area contributed by atoms with Crippen molar-refractivity contribution in [1.82, 2.24) is 9.88 Å². The van der Waals surface area contributed by atoms with Gasteiger partial charge in [0, 0.05) is 37.9 Å². The Morgan fingerprint density at radius 2 is 1.95 bits per heavy atom. The van der Waals surface area contributed by atoms with Crippen molar-refractivity contribution in [3.8, 4) is 0 Å². The molecule has 1 amide bonds. The van der Waals surface area contributed by atoms with E-state index in [0.29, 0.717) is 13.1 Å². The Kier molecular flexibility index (Phi) is 3.48. The van der Waals surface area contributed by atoms with Gasteiger partial charge in [0.15, 0.2) is 0 Å². The second-order valence-electron chi connectivity index (χ2n) is 5.23. The predicted octanol–water partition coefficient (Wildman–Crippen LogP) is 2.93. The Balaban J connectivity index is 1.69. The maximum atomic E-state index is 10.8. The van der Waals surface area contributed by atoms with E-state index in [-0.39, 0.29) is 5.92 Å². The monoisotopic (exact) mass is 283 g/mol. The van der Waals surface area contributed by atoms with Crippen LogP contribution in [0.15, 0.2) is 48.7 Å². The summed E-state index contributed by atoms with van der Waals surface area (Å²) in [5.41, 5.74) is 2.18. The molecule has 3 rings (SSSR count). The first-order chi connectivity index (χ1) is 10.1. The van der Waals surface area contributed by atoms with E-state index < -0.39 is 6.09 Å². The average Bonchev–Trinajstić information content (AvgIpc) is 2.46. The van der Waals surface area contributed by atoms with E-state index in [1.807, 2.05) is 60.6 Å². The number of hydrogen-bond donors (Lipinski definition) is 1. The molecule has 5 heteroatoms. The largest absolute Gasteiger partial charge is 0.465 e. The normalized spacial score (nSPS) is 14.6. The van der Waals surface area contributed by atoms with Crippen molar-refractivity contribution in [1.29, 1.82) is 0 Å². The molecule has 0 atom stereocenters. The van der Waals surface area contributed by atoms with Gasteiger partial charge in [-0.15, -0.1) is 0 Å². The van der Waals surface area contributed by atoms with Crippen LogP contribution in [-0.4, -0.2) is 41.2 Å². The molecule has 1 aliphatic rings. The zero-order valence-corrected chi connectivity index (χ0v) is 11.8. The van der Waals surface area contributed by atoms with Gasteiger partial charge in [0.2, 0.25) is 0 Å². The van der Waals surface area contributed by atoms with Crippen LogP contribution in [0.5, 0.6) is 0 Å². The molecule has 1 N–H and O–H groups in total. The summed E-state index contributed by atoms with van der Waals surface area (Å²) < 4.78 is 0. The van der Waals surface area contributed by atoms with Crippen molar-refractivity contribution in [2.75, 3.05) is 25.0 Å². The van der Waals surface area contributed by atoms with Gasteiger partial charge in [0.05, 0.1) is 0 Å². The van der Waals surface area contributed by atoms with Gasteiger partial charge in [-0.05, 0) is 23.8 Å². The van der Waals surface area contributed by atoms with Crippen LogP contribution in [-0.2, 0) is 0 Å². The molecule has 0 spiro atoms. The van der Waals surface area contributed by atoms with E-state index in [9.17, 15) is 4.79 Å². The SMILES string of the molecule is CN(c1ccccc1)c1ccc(C2CN(C(=O)O)C2)cn1. The molecule has 1 fully saturated rings. The molecule has 1 aliphatic heterocycles. The Labute approximate surface area is 123 Å². The minimum absolute atomic E-state index is 0.268. The van der Waals surface area contributed by atoms with Gasteiger partial charge in [-0.3, -0.25) is 0 Å². The third-order valence-corrected chi connectivity index (χ3v) is 3.88. The van der Waals surface area contributed by atoms with Gasteiger partial charge in [-0.25, -0.2) is 9.78 Å². The molecule has 0 radical (unpaired) electrons. The number of rotatable bonds is 3. The fourth-order valence-electron chi connectivity index (χ4n) is 2.47. The summed E-state index contributed by atoms with van der Waals surface area (Å²) in [5.74, 6) is 1.14. The molecule has 5 nitrogen and oxygen atoms in total. The summed E-state index contributed by atoms with van der Waals surface area (Å²) >= 11 is 0. The van der Waals surface area contributed by atoms with E-state index in [4.69, 9.17) is 5.11 Å². The first-order valence-electron chi connectivity index (χ1n) is 6.88. The Morgan fingerprint density at radius 1 is 1.24 bits per heavy atom. The number of amides is 1. The second kappa shape index (κ2) is 5.44. The summed E-state index contributed by atoms with van der Waals surface area (Å²) in [4.78, 5) is 18.7. The number of anilines is 2. The lowest BCUT2D eigenvalue weighted by Crippen LogP contribution is -2.47. The lowest BCUT2D eigenvalue weighted by molar-refractivity contribution is 0.105. The van der Waals surface area contributed by atoms with Crippen LogP contribution in [0, 0.1) is 0 Å². The first-order valence-corrected chi connectivity index (χ1v) is 6.88. The Morgan fingerprint density at radius 3 is 2.52 bits per heavy atom. The number of nitrogens with zero attached hydrogens (tertiary/aromatic N) is 3. The number of para-hydroxylation sites is 1. The third-order valence-electron chi connectivity index (χ3n) is 3.88. The van der Waals surface area contributed by atoms with Crippen LogP contribution < -0.4 is 4.90 Å². The number of carbonyl (C=O) groups is 1. The van der Waals surface area contributed by atoms with Gasteiger partial charge in [0.1, 0.15) is 5.82 Å². The molecular weight excluding hydrogens is 266 g/mol. The fraction of sp³-hybridized carbons (Fsp3) is 0.250. The summed E-state index contributed by atoms with van der Waals surface area (Å²) in [6.45, 7) is 1.12. The molecule has 2 heterocycles. The van der Waals surface area contributed by atoms with Crippen molar-refractivity contribution in [3.63, 3.8) is 0 Å². The van der Waals surface area contributed by atoms with Crippen LogP contribution in [0.2, 0.25) is 0 Å². The molecule has 0 bridgehead atoms. The van der Waals surface area contributed by atoms with Crippen molar-refractivity contribution in [3.05, 3.63) is 54.2 Å². The minimum atomic E-state index is -0.848. The van der Waals surface area contributed by atoms with E-state index in [1.165, 1.54) is 4.90 Å². The molecule has 1 aromatic heterocycles. The number of likely N-dealkylation sites (tertiary alicyclic amines) is 1. The van der Waals surface area contributed by atoms with Gasteiger partial charge < -0.3 is 14.9 Å². The van der Waals surface area contributed by atoms with Gasteiger partial charge in [-0.2, -0.15) is 0 Å². The number of hydrogen-bond acceptors (Lipinski definition) is 3. The molecule has 0 aliphatic carbocycles. The molecule has 2 aromatic rings. The van der Waals surface area contributed by atoms with Gasteiger partial charge in [0.25, 0.3) is 0 Å². The summed E-state index contributed by atoms with van der Waals surface area (Å²) in [5, 5.41) is 8.84. The van der Waals surface area contributed by atoms with E-state index in [0.717, 1.165) is 17.1 Å². The zero-order chi connectivity index (χ0) is 14.8. The fourth-order valence-corrected chi connectivity index (χ4v) is 2.47. The zero-order valence-electron chi connectivity index (χ0n) is 11.8. The van der Waals surface area contributed by atoms with Gasteiger partial charge in [-0.1, -0.05) is 24.3 Å². The van der Waals surface area contributed by atoms with Crippen molar-refractivity contribution >= 4 is 17.6 Å². The Hall–Kier alpha value is -2.56. The number of carboxylic acid groups (broad SMARTS) is 1. The van der Waals surface area contributed by atoms with E-state index in [1.54, 1.807) is 0 Å². The molecule has 0 unspecified atom stereocenters. The maximum Gasteiger partial charge on any atom is 0.407 e. The van der Waals surface area contributed by atoms with Crippen molar-refractivity contribution < 1.29 is 9.90 Å². The highest BCUT2D eigenvalue weighted by Crippen LogP contribution is 2.28. The van der Waals surface area contributed by atoms with Crippen LogP contribution in [0.3, 0.4) is 0 Å². The quantitative estimate of drug-likeness (QED) is 0.941. The number of pyridine rings is 1. The molecule has 1 saturated heterocycles. The first kappa shape index (κ1) is 13.4. The van der Waals surface area contributed by atoms with Crippen molar-refractivity contribution in [2.45, 2.75) is 5.92 Å². The molecule has 0 saturated carbocycles. The third kappa shape index (κ3) is 2.67. The maximum absolute atomic E-state index is 10.8. The summed E-state index contributed by atoms with van der Waals surface area (Å²) in [6.07, 6.45) is 0.998. The van der Waals surface area contributed by atoms with E-state index >= 15 is 0 Å². The summed E-state index contributed by atoms with van der Waals surface area (Å²) in [7, 11) is 1.98. The Bertz CT molecular complexity index is 622. The molecule has 108 valence electrons. The lowest BCUT2D eigenvalue weighted by Gasteiger charge is -2.37. The van der Waals surface area contributed by atoms with Crippen LogP contribution in [0.25, 0.3) is 0 Å². The highest BCUT2D eigenvalue weighted by atomic mass is 16.4. The molecular formula is C16H17N3O2. The lowest BCUT2D eigenvalue weighted by atomic mass is 9.93. The van der Waals surface area contributed by atoms with Crippen LogP contribution in [0.4, 0.5) is 16.3 Å². The smallest absolute Gasteiger partial charge is 0.407 e. The van der Waals surface area contributed by atoms with Crippen LogP contribution >= 0.6 is 0 Å². The topological polar surface area (TPSA) is 56.7 Å². The minimum Gasteiger partial charge on any atom is -0.465 e. The van der Waals surface area contributed by atoms with Crippen molar-refractivity contribution in [2.24, 2.45) is 0 Å². The molecule has 21 heavy (non-hydrogen) atoms. The molecule has 1 aromatic carbocycles. The second-order valence-corrected chi connectivity index (χ2v) is 5.23. The predicted molar refractivity (Wildman–Crippen MR) is 81.1 cm³/mol. The van der Waals surface area contributed by atoms with Crippen LogP contribution in [0.1, 0.15) is 11.5 Å². The summed E-state index contributed by atoms with van der Waals surface area (Å²) in [6, 6.07) is 14.1. The van der Waals surface area contributed by atoms with E-state index in [2.05, 4.69) is 4.98 Å². The average molecular weight is 283 g/mol. The van der Waals surface area contributed by atoms with Gasteiger partial charge >= 0.3 is 6.09 Å². The number of aromatic nitrogens is 1. The highest BCUT2D eigenvalue weighted by molar-refractivity contribution is 5.66.